The highest BCUT2D eigenvalue weighted by Crippen LogP contribution is 2.33. The number of Topliss-reactive ketones (excluding diaryl/α,β-unsaturated/α-hetero) is 1. The van der Waals surface area contributed by atoms with Gasteiger partial charge in [-0.25, -0.2) is 4.98 Å². The molecular formula is C18H24N2O2S. The van der Waals surface area contributed by atoms with Crippen LogP contribution in [0.2, 0.25) is 0 Å². The maximum atomic E-state index is 12.2. The van der Waals surface area contributed by atoms with Crippen molar-refractivity contribution in [1.82, 2.24) is 10.3 Å². The van der Waals surface area contributed by atoms with E-state index < -0.39 is 0 Å². The molecule has 1 atom stereocenters. The lowest BCUT2D eigenvalue weighted by Gasteiger charge is -2.23. The minimum Gasteiger partial charge on any atom is -0.356 e. The van der Waals surface area contributed by atoms with Crippen molar-refractivity contribution in [3.8, 4) is 0 Å². The first kappa shape index (κ1) is 16.5. The van der Waals surface area contributed by atoms with Gasteiger partial charge in [0, 0.05) is 25.6 Å². The molecule has 0 aromatic carbocycles. The van der Waals surface area contributed by atoms with Gasteiger partial charge in [-0.1, -0.05) is 49.9 Å². The molecule has 124 valence electrons. The second-order valence-electron chi connectivity index (χ2n) is 6.56. The third kappa shape index (κ3) is 4.56. The molecule has 1 fully saturated rings. The summed E-state index contributed by atoms with van der Waals surface area (Å²) in [6, 6.07) is 3.79. The molecule has 1 amide bonds. The number of carbonyl (C=O) groups excluding carboxylic acids is 2. The molecule has 0 spiro atoms. The number of fused-ring (bicyclic) bond motifs is 1. The van der Waals surface area contributed by atoms with E-state index in [1.54, 1.807) is 6.20 Å². The summed E-state index contributed by atoms with van der Waals surface area (Å²) in [5, 5.41) is 3.61. The van der Waals surface area contributed by atoms with Crippen LogP contribution in [-0.2, 0) is 16.0 Å². The molecule has 2 aliphatic rings. The molecule has 1 aliphatic heterocycles. The van der Waals surface area contributed by atoms with Crippen molar-refractivity contribution < 1.29 is 9.59 Å². The Morgan fingerprint density at radius 1 is 1.30 bits per heavy atom. The zero-order valence-electron chi connectivity index (χ0n) is 13.4. The van der Waals surface area contributed by atoms with Crippen LogP contribution in [0.1, 0.15) is 50.5 Å². The summed E-state index contributed by atoms with van der Waals surface area (Å²) in [7, 11) is 0. The Hall–Kier alpha value is -1.36. The quantitative estimate of drug-likeness (QED) is 0.900. The zero-order chi connectivity index (χ0) is 16.1. The van der Waals surface area contributed by atoms with Crippen LogP contribution in [0, 0.1) is 5.92 Å². The molecule has 0 radical (unpaired) electrons. The summed E-state index contributed by atoms with van der Waals surface area (Å²) >= 11 is 1.43. The number of amides is 1. The molecule has 1 aromatic rings. The van der Waals surface area contributed by atoms with Crippen molar-refractivity contribution in [2.24, 2.45) is 5.92 Å². The van der Waals surface area contributed by atoms with Crippen LogP contribution in [0.5, 0.6) is 0 Å². The largest absolute Gasteiger partial charge is 0.356 e. The molecule has 3 rings (SSSR count). The Bertz CT molecular complexity index is 570. The second-order valence-corrected chi connectivity index (χ2v) is 7.76. The first-order valence-corrected chi connectivity index (χ1v) is 9.50. The monoisotopic (exact) mass is 332 g/mol. The van der Waals surface area contributed by atoms with E-state index in [4.69, 9.17) is 0 Å². The standard InChI is InChI=1S/C18H24N2O2S/c21-15-11-14-7-4-9-20-18(14)23-16(15)12-17(22)19-10-8-13-5-2-1-3-6-13/h4,7,9,13,16H,1-3,5-6,8,10-12H2,(H,19,22). The topological polar surface area (TPSA) is 59.1 Å². The lowest BCUT2D eigenvalue weighted by molar-refractivity contribution is -0.124. The molecule has 1 saturated carbocycles. The first-order chi connectivity index (χ1) is 11.2. The lowest BCUT2D eigenvalue weighted by Crippen LogP contribution is -2.33. The van der Waals surface area contributed by atoms with E-state index in [1.165, 1.54) is 43.9 Å². The second kappa shape index (κ2) is 7.95. The van der Waals surface area contributed by atoms with Crippen molar-refractivity contribution in [2.75, 3.05) is 6.54 Å². The number of rotatable bonds is 5. The predicted octanol–water partition coefficient (Wildman–Crippen LogP) is 3.14. The van der Waals surface area contributed by atoms with Crippen LogP contribution in [0.25, 0.3) is 0 Å². The Balaban J connectivity index is 1.43. The van der Waals surface area contributed by atoms with Crippen molar-refractivity contribution >= 4 is 23.5 Å². The fraction of sp³-hybridized carbons (Fsp3) is 0.611. The van der Waals surface area contributed by atoms with Crippen LogP contribution in [0.4, 0.5) is 0 Å². The highest BCUT2D eigenvalue weighted by Gasteiger charge is 2.29. The van der Waals surface area contributed by atoms with E-state index in [2.05, 4.69) is 10.3 Å². The average Bonchev–Trinajstić information content (AvgIpc) is 2.56. The van der Waals surface area contributed by atoms with Crippen molar-refractivity contribution in [2.45, 2.75) is 61.6 Å². The van der Waals surface area contributed by atoms with Gasteiger partial charge in [0.05, 0.1) is 5.25 Å². The summed E-state index contributed by atoms with van der Waals surface area (Å²) in [6.45, 7) is 0.740. The summed E-state index contributed by atoms with van der Waals surface area (Å²) in [5.74, 6) is 0.898. The van der Waals surface area contributed by atoms with Gasteiger partial charge < -0.3 is 5.32 Å². The van der Waals surface area contributed by atoms with Gasteiger partial charge in [0.15, 0.2) is 5.78 Å². The number of hydrogen-bond donors (Lipinski definition) is 1. The summed E-state index contributed by atoms with van der Waals surface area (Å²) < 4.78 is 0. The molecule has 1 N–H and O–H groups in total. The average molecular weight is 332 g/mol. The van der Waals surface area contributed by atoms with Crippen LogP contribution in [0.3, 0.4) is 0 Å². The number of nitrogens with one attached hydrogen (secondary N) is 1. The molecule has 23 heavy (non-hydrogen) atoms. The molecule has 0 bridgehead atoms. The van der Waals surface area contributed by atoms with Gasteiger partial charge in [-0.3, -0.25) is 9.59 Å². The highest BCUT2D eigenvalue weighted by atomic mass is 32.2. The van der Waals surface area contributed by atoms with E-state index in [-0.39, 0.29) is 23.4 Å². The van der Waals surface area contributed by atoms with Gasteiger partial charge in [-0.2, -0.15) is 0 Å². The molecule has 1 aliphatic carbocycles. The Kier molecular flexibility index (Phi) is 5.70. The fourth-order valence-electron chi connectivity index (χ4n) is 3.45. The van der Waals surface area contributed by atoms with Crippen LogP contribution in [0.15, 0.2) is 23.4 Å². The number of aromatic nitrogens is 1. The third-order valence-electron chi connectivity index (χ3n) is 4.80. The van der Waals surface area contributed by atoms with E-state index in [9.17, 15) is 9.59 Å². The maximum absolute atomic E-state index is 12.2. The molecule has 4 nitrogen and oxygen atoms in total. The Morgan fingerprint density at radius 2 is 2.13 bits per heavy atom. The smallest absolute Gasteiger partial charge is 0.221 e. The highest BCUT2D eigenvalue weighted by molar-refractivity contribution is 8.00. The summed E-state index contributed by atoms with van der Waals surface area (Å²) in [4.78, 5) is 28.6. The van der Waals surface area contributed by atoms with Crippen molar-refractivity contribution in [3.63, 3.8) is 0 Å². The number of nitrogens with zero attached hydrogens (tertiary/aromatic N) is 1. The van der Waals surface area contributed by atoms with Gasteiger partial charge >= 0.3 is 0 Å². The van der Waals surface area contributed by atoms with E-state index in [0.29, 0.717) is 6.42 Å². The van der Waals surface area contributed by atoms with E-state index in [1.807, 2.05) is 12.1 Å². The number of ketones is 1. The molecule has 1 unspecified atom stereocenters. The zero-order valence-corrected chi connectivity index (χ0v) is 14.2. The number of hydrogen-bond acceptors (Lipinski definition) is 4. The Labute approximate surface area is 141 Å². The molecule has 5 heteroatoms. The first-order valence-electron chi connectivity index (χ1n) is 8.62. The van der Waals surface area contributed by atoms with Gasteiger partial charge in [0.1, 0.15) is 5.03 Å². The third-order valence-corrected chi connectivity index (χ3v) is 6.10. The van der Waals surface area contributed by atoms with Crippen LogP contribution < -0.4 is 5.32 Å². The molecule has 2 heterocycles. The Morgan fingerprint density at radius 3 is 2.96 bits per heavy atom. The number of thioether (sulfide) groups is 1. The molecule has 0 saturated heterocycles. The normalized spacial score (nSPS) is 21.7. The van der Waals surface area contributed by atoms with E-state index >= 15 is 0 Å². The SMILES string of the molecule is O=C(CC1Sc2ncccc2CC1=O)NCCC1CCCCC1. The summed E-state index contributed by atoms with van der Waals surface area (Å²) in [5.41, 5.74) is 0.983. The predicted molar refractivity (Wildman–Crippen MR) is 91.4 cm³/mol. The fourth-order valence-corrected chi connectivity index (χ4v) is 4.59. The van der Waals surface area contributed by atoms with Crippen LogP contribution in [-0.4, -0.2) is 28.5 Å². The minimum atomic E-state index is -0.285. The van der Waals surface area contributed by atoms with Gasteiger partial charge in [0.25, 0.3) is 0 Å². The van der Waals surface area contributed by atoms with E-state index in [0.717, 1.165) is 29.5 Å². The van der Waals surface area contributed by atoms with Crippen molar-refractivity contribution in [1.29, 1.82) is 0 Å². The van der Waals surface area contributed by atoms with Gasteiger partial charge in [0.2, 0.25) is 5.91 Å². The molecular weight excluding hydrogens is 308 g/mol. The maximum Gasteiger partial charge on any atom is 0.221 e. The lowest BCUT2D eigenvalue weighted by atomic mass is 9.87. The van der Waals surface area contributed by atoms with Crippen LogP contribution >= 0.6 is 11.8 Å². The number of pyridine rings is 1. The number of carbonyl (C=O) groups is 2. The minimum absolute atomic E-state index is 0.00830. The van der Waals surface area contributed by atoms with Gasteiger partial charge in [-0.05, 0) is 24.0 Å². The van der Waals surface area contributed by atoms with Crippen molar-refractivity contribution in [3.05, 3.63) is 23.9 Å². The molecule has 1 aromatic heterocycles. The summed E-state index contributed by atoms with van der Waals surface area (Å²) in [6.07, 6.45) is 10.1. The van der Waals surface area contributed by atoms with Gasteiger partial charge in [-0.15, -0.1) is 0 Å².